The third-order valence-electron chi connectivity index (χ3n) is 3.86. The smallest absolute Gasteiger partial charge is 0.119 e. The van der Waals surface area contributed by atoms with Crippen molar-refractivity contribution < 1.29 is 4.74 Å². The van der Waals surface area contributed by atoms with E-state index in [4.69, 9.17) is 4.74 Å². The first-order valence-corrected chi connectivity index (χ1v) is 8.44. The number of hydrogen-bond acceptors (Lipinski definition) is 2. The zero-order valence-electron chi connectivity index (χ0n) is 14.5. The summed E-state index contributed by atoms with van der Waals surface area (Å²) in [4.78, 5) is 0. The van der Waals surface area contributed by atoms with E-state index in [0.29, 0.717) is 6.04 Å². The van der Waals surface area contributed by atoms with E-state index in [9.17, 15) is 0 Å². The van der Waals surface area contributed by atoms with Crippen molar-refractivity contribution in [1.82, 2.24) is 5.32 Å². The van der Waals surface area contributed by atoms with Gasteiger partial charge in [0.2, 0.25) is 0 Å². The molecule has 1 N–H and O–H groups in total. The molecule has 1 aromatic carbocycles. The Morgan fingerprint density at radius 3 is 2.29 bits per heavy atom. The van der Waals surface area contributed by atoms with Crippen molar-refractivity contribution in [2.45, 2.75) is 71.8 Å². The Hall–Kier alpha value is -1.02. The van der Waals surface area contributed by atoms with E-state index in [2.05, 4.69) is 64.2 Å². The lowest BCUT2D eigenvalue weighted by molar-refractivity contribution is 0.294. The van der Waals surface area contributed by atoms with E-state index in [0.717, 1.165) is 25.3 Å². The van der Waals surface area contributed by atoms with Gasteiger partial charge in [-0.1, -0.05) is 46.8 Å². The summed E-state index contributed by atoms with van der Waals surface area (Å²) in [6.07, 6.45) is 4.69. The van der Waals surface area contributed by atoms with Crippen LogP contribution >= 0.6 is 0 Å². The predicted molar refractivity (Wildman–Crippen MR) is 92.2 cm³/mol. The fourth-order valence-electron chi connectivity index (χ4n) is 2.37. The molecule has 0 aliphatic carbocycles. The summed E-state index contributed by atoms with van der Waals surface area (Å²) in [7, 11) is 0. The third-order valence-corrected chi connectivity index (χ3v) is 3.86. The standard InChI is InChI=1S/C19H33NO/c1-6-14-20-17(7-2)9-8-15-21-18-12-10-16(11-13-18)19(3,4)5/h10-13,17,20H,6-9,14-15H2,1-5H3. The second-order valence-electron chi connectivity index (χ2n) is 6.82. The van der Waals surface area contributed by atoms with E-state index in [-0.39, 0.29) is 5.41 Å². The van der Waals surface area contributed by atoms with Gasteiger partial charge in [-0.05, 0) is 55.3 Å². The first kappa shape index (κ1) is 18.0. The van der Waals surface area contributed by atoms with E-state index < -0.39 is 0 Å². The molecule has 0 bridgehead atoms. The van der Waals surface area contributed by atoms with Gasteiger partial charge in [0.15, 0.2) is 0 Å². The number of rotatable bonds is 9. The second kappa shape index (κ2) is 9.09. The Balaban J connectivity index is 2.29. The van der Waals surface area contributed by atoms with Crippen molar-refractivity contribution >= 4 is 0 Å². The van der Waals surface area contributed by atoms with Gasteiger partial charge in [-0.2, -0.15) is 0 Å². The molecule has 120 valence electrons. The summed E-state index contributed by atoms with van der Waals surface area (Å²) in [6, 6.07) is 9.16. The molecule has 0 saturated carbocycles. The Kier molecular flexibility index (Phi) is 7.81. The second-order valence-corrected chi connectivity index (χ2v) is 6.82. The molecule has 1 aromatic rings. The summed E-state index contributed by atoms with van der Waals surface area (Å²) >= 11 is 0. The molecule has 1 unspecified atom stereocenters. The lowest BCUT2D eigenvalue weighted by atomic mass is 9.87. The fraction of sp³-hybridized carbons (Fsp3) is 0.684. The minimum absolute atomic E-state index is 0.206. The van der Waals surface area contributed by atoms with Crippen LogP contribution in [0.3, 0.4) is 0 Å². The Bertz CT molecular complexity index is 378. The zero-order chi connectivity index (χ0) is 15.7. The van der Waals surface area contributed by atoms with Crippen LogP contribution in [-0.4, -0.2) is 19.2 Å². The SMILES string of the molecule is CCCNC(CC)CCCOc1ccc(C(C)(C)C)cc1. The maximum Gasteiger partial charge on any atom is 0.119 e. The highest BCUT2D eigenvalue weighted by molar-refractivity contribution is 5.31. The molecular weight excluding hydrogens is 258 g/mol. The van der Waals surface area contributed by atoms with E-state index in [1.54, 1.807) is 0 Å². The van der Waals surface area contributed by atoms with Gasteiger partial charge in [-0.15, -0.1) is 0 Å². The van der Waals surface area contributed by atoms with Gasteiger partial charge in [-0.3, -0.25) is 0 Å². The number of benzene rings is 1. The van der Waals surface area contributed by atoms with Gasteiger partial charge in [0.1, 0.15) is 5.75 Å². The maximum atomic E-state index is 5.85. The minimum Gasteiger partial charge on any atom is -0.494 e. The Labute approximate surface area is 131 Å². The fourth-order valence-corrected chi connectivity index (χ4v) is 2.37. The molecule has 1 rings (SSSR count). The van der Waals surface area contributed by atoms with Crippen LogP contribution in [0.5, 0.6) is 5.75 Å². The van der Waals surface area contributed by atoms with Gasteiger partial charge in [0.05, 0.1) is 6.61 Å². The normalized spacial score (nSPS) is 13.2. The Morgan fingerprint density at radius 2 is 1.76 bits per heavy atom. The summed E-state index contributed by atoms with van der Waals surface area (Å²) in [5.41, 5.74) is 1.56. The summed E-state index contributed by atoms with van der Waals surface area (Å²) in [5, 5.41) is 3.59. The van der Waals surface area contributed by atoms with Crippen LogP contribution in [0.25, 0.3) is 0 Å². The highest BCUT2D eigenvalue weighted by atomic mass is 16.5. The molecule has 0 heterocycles. The summed E-state index contributed by atoms with van der Waals surface area (Å²) in [5.74, 6) is 0.984. The molecular formula is C19H33NO. The van der Waals surface area contributed by atoms with Crippen LogP contribution in [0.1, 0.15) is 65.9 Å². The molecule has 0 amide bonds. The van der Waals surface area contributed by atoms with E-state index in [1.807, 2.05) is 0 Å². The molecule has 0 saturated heterocycles. The van der Waals surface area contributed by atoms with Crippen LogP contribution < -0.4 is 10.1 Å². The lowest BCUT2D eigenvalue weighted by Crippen LogP contribution is -2.29. The van der Waals surface area contributed by atoms with Gasteiger partial charge in [-0.25, -0.2) is 0 Å². The average molecular weight is 291 g/mol. The maximum absolute atomic E-state index is 5.85. The monoisotopic (exact) mass is 291 g/mol. The predicted octanol–water partition coefficient (Wildman–Crippen LogP) is 4.92. The molecule has 2 nitrogen and oxygen atoms in total. The number of ether oxygens (including phenoxy) is 1. The van der Waals surface area contributed by atoms with E-state index in [1.165, 1.54) is 24.8 Å². The molecule has 0 aliphatic heterocycles. The van der Waals surface area contributed by atoms with Gasteiger partial charge < -0.3 is 10.1 Å². The molecule has 2 heteroatoms. The molecule has 21 heavy (non-hydrogen) atoms. The van der Waals surface area contributed by atoms with Crippen molar-refractivity contribution in [2.24, 2.45) is 0 Å². The molecule has 0 fully saturated rings. The first-order valence-electron chi connectivity index (χ1n) is 8.44. The quantitative estimate of drug-likeness (QED) is 0.652. The number of nitrogens with one attached hydrogen (secondary N) is 1. The van der Waals surface area contributed by atoms with Crippen molar-refractivity contribution in [3.8, 4) is 5.75 Å². The van der Waals surface area contributed by atoms with Gasteiger partial charge in [0, 0.05) is 6.04 Å². The summed E-state index contributed by atoms with van der Waals surface area (Å²) < 4.78 is 5.85. The van der Waals surface area contributed by atoms with Crippen LogP contribution in [0.15, 0.2) is 24.3 Å². The minimum atomic E-state index is 0.206. The van der Waals surface area contributed by atoms with Crippen molar-refractivity contribution in [3.05, 3.63) is 29.8 Å². The van der Waals surface area contributed by atoms with Crippen LogP contribution in [-0.2, 0) is 5.41 Å². The molecule has 0 aliphatic rings. The van der Waals surface area contributed by atoms with Crippen LogP contribution in [0, 0.1) is 0 Å². The van der Waals surface area contributed by atoms with Crippen molar-refractivity contribution in [3.63, 3.8) is 0 Å². The van der Waals surface area contributed by atoms with E-state index >= 15 is 0 Å². The van der Waals surface area contributed by atoms with Crippen molar-refractivity contribution in [1.29, 1.82) is 0 Å². The highest BCUT2D eigenvalue weighted by Gasteiger charge is 2.12. The zero-order valence-corrected chi connectivity index (χ0v) is 14.5. The summed E-state index contributed by atoms with van der Waals surface area (Å²) in [6.45, 7) is 13.1. The molecule has 0 radical (unpaired) electrons. The first-order chi connectivity index (χ1) is 9.97. The van der Waals surface area contributed by atoms with Crippen LogP contribution in [0.2, 0.25) is 0 Å². The van der Waals surface area contributed by atoms with Crippen molar-refractivity contribution in [2.75, 3.05) is 13.2 Å². The third kappa shape index (κ3) is 6.99. The highest BCUT2D eigenvalue weighted by Crippen LogP contribution is 2.24. The molecule has 0 aromatic heterocycles. The Morgan fingerprint density at radius 1 is 1.10 bits per heavy atom. The molecule has 0 spiro atoms. The number of hydrogen-bond donors (Lipinski definition) is 1. The van der Waals surface area contributed by atoms with Gasteiger partial charge in [0.25, 0.3) is 0 Å². The van der Waals surface area contributed by atoms with Crippen LogP contribution in [0.4, 0.5) is 0 Å². The average Bonchev–Trinajstić information content (AvgIpc) is 2.46. The topological polar surface area (TPSA) is 21.3 Å². The lowest BCUT2D eigenvalue weighted by Gasteiger charge is -2.19. The molecule has 1 atom stereocenters. The largest absolute Gasteiger partial charge is 0.494 e. The van der Waals surface area contributed by atoms with Gasteiger partial charge >= 0.3 is 0 Å².